The van der Waals surface area contributed by atoms with Crippen LogP contribution in [0.25, 0.3) is 0 Å². The van der Waals surface area contributed by atoms with Gasteiger partial charge in [-0.25, -0.2) is 4.79 Å². The number of nitrogens with two attached hydrogens (primary N) is 1. The summed E-state index contributed by atoms with van der Waals surface area (Å²) in [5.74, 6) is -1.44. The third kappa shape index (κ3) is 34.8. The summed E-state index contributed by atoms with van der Waals surface area (Å²) < 4.78 is 5.86. The fourth-order valence-corrected chi connectivity index (χ4v) is 5.21. The molecule has 7 heteroatoms. The van der Waals surface area contributed by atoms with Crippen molar-refractivity contribution < 1.29 is 24.2 Å². The van der Waals surface area contributed by atoms with Gasteiger partial charge in [0.15, 0.2) is 0 Å². The van der Waals surface area contributed by atoms with Crippen LogP contribution in [-0.2, 0) is 19.1 Å². The molecule has 0 aromatic heterocycles. The molecule has 0 spiro atoms. The summed E-state index contributed by atoms with van der Waals surface area (Å²) in [6, 6.07) is -0.880. The van der Waals surface area contributed by atoms with Crippen LogP contribution in [0.1, 0.15) is 155 Å². The van der Waals surface area contributed by atoms with Gasteiger partial charge in [-0.2, -0.15) is 0 Å². The molecule has 0 heterocycles. The van der Waals surface area contributed by atoms with Crippen molar-refractivity contribution in [1.82, 2.24) is 5.32 Å². The van der Waals surface area contributed by atoms with Gasteiger partial charge in [-0.3, -0.25) is 9.59 Å². The second-order valence-corrected chi connectivity index (χ2v) is 13.0. The molecule has 51 heavy (non-hydrogen) atoms. The Morgan fingerprint density at radius 2 is 1.16 bits per heavy atom. The van der Waals surface area contributed by atoms with Gasteiger partial charge in [0.1, 0.15) is 12.1 Å². The molecule has 7 nitrogen and oxygen atoms in total. The van der Waals surface area contributed by atoms with Gasteiger partial charge in [0, 0.05) is 12.8 Å². The first-order valence-electron chi connectivity index (χ1n) is 19.9. The number of hydrogen-bond donors (Lipinski definition) is 3. The SMILES string of the molecule is CC/C=C\C/C=C\C/C=C\C/C=C\C/C=C\C/C=C\CCC(=O)OC(/C=C\CCCCCCC)CCCCCCC(=O)NC(CCCN)C(=O)O. The van der Waals surface area contributed by atoms with Crippen LogP contribution in [0, 0.1) is 0 Å². The first-order valence-corrected chi connectivity index (χ1v) is 19.9. The molecular formula is C44H72N2O5. The van der Waals surface area contributed by atoms with Crippen molar-refractivity contribution >= 4 is 17.8 Å². The van der Waals surface area contributed by atoms with E-state index in [1.807, 2.05) is 0 Å². The lowest BCUT2D eigenvalue weighted by atomic mass is 10.1. The number of aliphatic carboxylic acids is 1. The molecule has 0 aliphatic carbocycles. The summed E-state index contributed by atoms with van der Waals surface area (Å²) in [6.45, 7) is 4.76. The summed E-state index contributed by atoms with van der Waals surface area (Å²) in [5.41, 5.74) is 5.47. The standard InChI is InChI=1S/C44H72N2O5/c1-3-5-7-9-11-12-13-14-15-16-17-18-19-20-21-22-24-26-32-38-43(48)51-40(34-29-25-23-10-8-6-4-2)35-30-27-28-31-37-42(47)46-41(44(49)50)36-33-39-45/h5,7,11-12,14-15,17-18,20-21,24,26,29,34,40-41H,3-4,6,8-10,13,16,19,22-23,25,27-28,30-33,35-39,45H2,1-2H3,(H,46,47)(H,49,50)/b7-5-,12-11-,15-14-,18-17-,21-20-,26-24-,34-29-. The number of hydrogen-bond acceptors (Lipinski definition) is 5. The minimum absolute atomic E-state index is 0.175. The first-order chi connectivity index (χ1) is 24.9. The van der Waals surface area contributed by atoms with Crippen LogP contribution in [0.3, 0.4) is 0 Å². The Hall–Kier alpha value is -3.45. The lowest BCUT2D eigenvalue weighted by molar-refractivity contribution is -0.147. The van der Waals surface area contributed by atoms with Gasteiger partial charge in [-0.05, 0) is 103 Å². The molecule has 288 valence electrons. The maximum Gasteiger partial charge on any atom is 0.326 e. The zero-order valence-corrected chi connectivity index (χ0v) is 32.2. The van der Waals surface area contributed by atoms with Gasteiger partial charge in [0.05, 0.1) is 0 Å². The smallest absolute Gasteiger partial charge is 0.326 e. The van der Waals surface area contributed by atoms with E-state index in [1.165, 1.54) is 25.7 Å². The molecule has 0 fully saturated rings. The molecule has 0 bridgehead atoms. The van der Waals surface area contributed by atoms with E-state index in [9.17, 15) is 19.5 Å². The van der Waals surface area contributed by atoms with E-state index in [4.69, 9.17) is 10.5 Å². The van der Waals surface area contributed by atoms with E-state index in [0.29, 0.717) is 45.1 Å². The van der Waals surface area contributed by atoms with E-state index < -0.39 is 12.0 Å². The molecule has 0 aromatic rings. The van der Waals surface area contributed by atoms with E-state index >= 15 is 0 Å². The van der Waals surface area contributed by atoms with Gasteiger partial charge < -0.3 is 20.9 Å². The second kappa shape index (κ2) is 37.8. The third-order valence-electron chi connectivity index (χ3n) is 8.19. The first kappa shape index (κ1) is 47.5. The Kier molecular flexibility index (Phi) is 35.2. The zero-order chi connectivity index (χ0) is 37.5. The van der Waals surface area contributed by atoms with Crippen LogP contribution in [0.2, 0.25) is 0 Å². The van der Waals surface area contributed by atoms with Crippen molar-refractivity contribution in [3.05, 3.63) is 85.1 Å². The topological polar surface area (TPSA) is 119 Å². The van der Waals surface area contributed by atoms with Crippen molar-refractivity contribution in [3.63, 3.8) is 0 Å². The molecular weight excluding hydrogens is 636 g/mol. The monoisotopic (exact) mass is 709 g/mol. The number of carbonyl (C=O) groups excluding carboxylic acids is 2. The van der Waals surface area contributed by atoms with Crippen LogP contribution in [0.15, 0.2) is 85.1 Å². The Morgan fingerprint density at radius 1 is 0.608 bits per heavy atom. The molecule has 2 unspecified atom stereocenters. The van der Waals surface area contributed by atoms with Crippen molar-refractivity contribution in [2.24, 2.45) is 5.73 Å². The number of esters is 1. The van der Waals surface area contributed by atoms with Gasteiger partial charge in [-0.1, -0.05) is 131 Å². The van der Waals surface area contributed by atoms with Crippen LogP contribution >= 0.6 is 0 Å². The van der Waals surface area contributed by atoms with E-state index in [0.717, 1.165) is 77.0 Å². The normalized spacial score (nSPS) is 13.6. The quantitative estimate of drug-likeness (QED) is 0.0348. The Bertz CT molecular complexity index is 1070. The van der Waals surface area contributed by atoms with Crippen LogP contribution in [0.4, 0.5) is 0 Å². The average Bonchev–Trinajstić information content (AvgIpc) is 3.11. The van der Waals surface area contributed by atoms with Crippen LogP contribution < -0.4 is 11.1 Å². The van der Waals surface area contributed by atoms with E-state index in [1.54, 1.807) is 0 Å². The number of carboxylic acid groups (broad SMARTS) is 1. The Morgan fingerprint density at radius 3 is 1.73 bits per heavy atom. The second-order valence-electron chi connectivity index (χ2n) is 13.0. The average molecular weight is 709 g/mol. The van der Waals surface area contributed by atoms with Gasteiger partial charge in [0.25, 0.3) is 0 Å². The minimum Gasteiger partial charge on any atom is -0.480 e. The molecule has 0 saturated carbocycles. The molecule has 0 radical (unpaired) electrons. The van der Waals surface area contributed by atoms with Crippen LogP contribution in [0.5, 0.6) is 0 Å². The number of allylic oxidation sites excluding steroid dienone is 13. The van der Waals surface area contributed by atoms with Crippen molar-refractivity contribution in [3.8, 4) is 0 Å². The molecule has 2 atom stereocenters. The third-order valence-corrected chi connectivity index (χ3v) is 8.19. The fourth-order valence-electron chi connectivity index (χ4n) is 5.21. The molecule has 0 rings (SSSR count). The van der Waals surface area contributed by atoms with Gasteiger partial charge >= 0.3 is 11.9 Å². The van der Waals surface area contributed by atoms with Gasteiger partial charge in [-0.15, -0.1) is 0 Å². The Balaban J connectivity index is 4.40. The highest BCUT2D eigenvalue weighted by molar-refractivity contribution is 5.83. The summed E-state index contributed by atoms with van der Waals surface area (Å²) in [5, 5.41) is 11.9. The van der Waals surface area contributed by atoms with Crippen LogP contribution in [-0.4, -0.2) is 41.6 Å². The maximum atomic E-state index is 12.6. The largest absolute Gasteiger partial charge is 0.480 e. The molecule has 0 saturated heterocycles. The Labute approximate surface area is 311 Å². The number of carbonyl (C=O) groups is 3. The van der Waals surface area contributed by atoms with E-state index in [-0.39, 0.29) is 18.0 Å². The molecule has 0 aliphatic rings. The summed E-state index contributed by atoms with van der Waals surface area (Å²) in [4.78, 5) is 36.2. The number of rotatable bonds is 34. The molecule has 1 amide bonds. The summed E-state index contributed by atoms with van der Waals surface area (Å²) in [6.07, 6.45) is 49.3. The number of carboxylic acids is 1. The predicted molar refractivity (Wildman–Crippen MR) is 215 cm³/mol. The highest BCUT2D eigenvalue weighted by Gasteiger charge is 2.18. The predicted octanol–water partition coefficient (Wildman–Crippen LogP) is 10.9. The van der Waals surface area contributed by atoms with Gasteiger partial charge in [0.2, 0.25) is 5.91 Å². The zero-order valence-electron chi connectivity index (χ0n) is 32.2. The highest BCUT2D eigenvalue weighted by Crippen LogP contribution is 2.14. The maximum absolute atomic E-state index is 12.6. The van der Waals surface area contributed by atoms with E-state index in [2.05, 4.69) is 104 Å². The highest BCUT2D eigenvalue weighted by atomic mass is 16.5. The lowest BCUT2D eigenvalue weighted by Crippen LogP contribution is -2.40. The number of amides is 1. The molecule has 4 N–H and O–H groups in total. The number of nitrogens with one attached hydrogen (secondary N) is 1. The fraction of sp³-hybridized carbons (Fsp3) is 0.614. The van der Waals surface area contributed by atoms with Crippen molar-refractivity contribution in [1.29, 1.82) is 0 Å². The number of unbranched alkanes of at least 4 members (excludes halogenated alkanes) is 8. The summed E-state index contributed by atoms with van der Waals surface area (Å²) in [7, 11) is 0. The lowest BCUT2D eigenvalue weighted by Gasteiger charge is -2.15. The minimum atomic E-state index is -1.02. The van der Waals surface area contributed by atoms with Crippen molar-refractivity contribution in [2.45, 2.75) is 167 Å². The molecule has 0 aromatic carbocycles. The summed E-state index contributed by atoms with van der Waals surface area (Å²) >= 11 is 0. The van der Waals surface area contributed by atoms with Crippen molar-refractivity contribution in [2.75, 3.05) is 6.54 Å². The molecule has 0 aliphatic heterocycles. The number of ether oxygens (including phenoxy) is 1.